The lowest BCUT2D eigenvalue weighted by atomic mass is 9.95. The lowest BCUT2D eigenvalue weighted by Crippen LogP contribution is -2.40. The van der Waals surface area contributed by atoms with Gasteiger partial charge in [-0.3, -0.25) is 9.36 Å². The zero-order chi connectivity index (χ0) is 26.9. The van der Waals surface area contributed by atoms with Crippen molar-refractivity contribution in [1.29, 1.82) is 0 Å². The molecule has 194 valence electrons. The number of methoxy groups -OCH3 is 1. The standard InChI is InChI=1S/C27H26Cl2N2O5S/c1-6-35-26(33)22-15(4)30-27-31(23(22)18-9-7-8-10-20(18)36-14(2)3)25(32)21(37-27)12-16-11-17(28)13-19(29)24(16)34-5/h7-14,23H,6H2,1-5H3/b21-12-/t23-/m0/s1. The number of rotatable bonds is 7. The molecule has 0 spiro atoms. The minimum absolute atomic E-state index is 0.117. The number of allylic oxidation sites excluding steroid dienone is 1. The van der Waals surface area contributed by atoms with E-state index < -0.39 is 12.0 Å². The first-order chi connectivity index (χ1) is 17.7. The van der Waals surface area contributed by atoms with E-state index in [2.05, 4.69) is 4.99 Å². The summed E-state index contributed by atoms with van der Waals surface area (Å²) in [5.41, 5.74) is 1.62. The molecular formula is C27H26Cl2N2O5S. The van der Waals surface area contributed by atoms with E-state index in [1.807, 2.05) is 38.1 Å². The SMILES string of the molecule is CCOC(=O)C1=C(C)N=c2s/c(=C\c3cc(Cl)cc(Cl)c3OC)c(=O)n2[C@H]1c1ccccc1OC(C)C. The third-order valence-corrected chi connectivity index (χ3v) is 7.10. The van der Waals surface area contributed by atoms with Crippen LogP contribution < -0.4 is 24.4 Å². The summed E-state index contributed by atoms with van der Waals surface area (Å²) in [6, 6.07) is 9.80. The number of para-hydroxylation sites is 1. The summed E-state index contributed by atoms with van der Waals surface area (Å²) < 4.78 is 18.8. The van der Waals surface area contributed by atoms with Crippen molar-refractivity contribution in [2.75, 3.05) is 13.7 Å². The Kier molecular flexibility index (Phi) is 8.11. The van der Waals surface area contributed by atoms with Crippen LogP contribution in [0.4, 0.5) is 0 Å². The van der Waals surface area contributed by atoms with Gasteiger partial charge in [0.2, 0.25) is 0 Å². The van der Waals surface area contributed by atoms with Gasteiger partial charge in [0.25, 0.3) is 5.56 Å². The van der Waals surface area contributed by atoms with Crippen molar-refractivity contribution in [3.05, 3.63) is 88.5 Å². The number of aromatic nitrogens is 1. The van der Waals surface area contributed by atoms with Crippen molar-refractivity contribution in [1.82, 2.24) is 4.57 Å². The predicted molar refractivity (Wildman–Crippen MR) is 146 cm³/mol. The van der Waals surface area contributed by atoms with Crippen LogP contribution in [0.3, 0.4) is 0 Å². The third-order valence-electron chi connectivity index (χ3n) is 5.62. The number of hydrogen-bond donors (Lipinski definition) is 0. The van der Waals surface area contributed by atoms with E-state index in [0.717, 1.165) is 0 Å². The van der Waals surface area contributed by atoms with Gasteiger partial charge in [0.15, 0.2) is 4.80 Å². The van der Waals surface area contributed by atoms with Gasteiger partial charge in [-0.1, -0.05) is 52.7 Å². The van der Waals surface area contributed by atoms with Gasteiger partial charge in [0, 0.05) is 16.1 Å². The van der Waals surface area contributed by atoms with Crippen LogP contribution in [0.15, 0.2) is 57.5 Å². The average molecular weight is 561 g/mol. The lowest BCUT2D eigenvalue weighted by molar-refractivity contribution is -0.139. The van der Waals surface area contributed by atoms with Crippen LogP contribution in [-0.4, -0.2) is 30.4 Å². The number of nitrogens with zero attached hydrogens (tertiary/aromatic N) is 2. The zero-order valence-corrected chi connectivity index (χ0v) is 23.3. The highest BCUT2D eigenvalue weighted by atomic mass is 35.5. The molecule has 2 heterocycles. The Morgan fingerprint density at radius 2 is 1.97 bits per heavy atom. The summed E-state index contributed by atoms with van der Waals surface area (Å²) in [6.07, 6.45) is 1.55. The maximum atomic E-state index is 13.9. The van der Waals surface area contributed by atoms with Gasteiger partial charge in [-0.05, 0) is 52.0 Å². The topological polar surface area (TPSA) is 79.1 Å². The molecule has 4 rings (SSSR count). The van der Waals surface area contributed by atoms with Crippen molar-refractivity contribution < 1.29 is 19.0 Å². The number of thiazole rings is 1. The fourth-order valence-electron chi connectivity index (χ4n) is 4.20. The van der Waals surface area contributed by atoms with E-state index in [1.165, 1.54) is 23.0 Å². The van der Waals surface area contributed by atoms with Crippen molar-refractivity contribution in [2.24, 2.45) is 4.99 Å². The molecular weight excluding hydrogens is 535 g/mol. The minimum atomic E-state index is -0.794. The molecule has 1 aliphatic rings. The summed E-state index contributed by atoms with van der Waals surface area (Å²) in [4.78, 5) is 32.1. The van der Waals surface area contributed by atoms with Crippen LogP contribution in [0.1, 0.15) is 44.9 Å². The van der Waals surface area contributed by atoms with Crippen molar-refractivity contribution >= 4 is 46.6 Å². The number of hydrogen-bond acceptors (Lipinski definition) is 7. The molecule has 3 aromatic rings. The van der Waals surface area contributed by atoms with Crippen LogP contribution >= 0.6 is 34.5 Å². The normalized spacial score (nSPS) is 15.5. The molecule has 0 saturated carbocycles. The van der Waals surface area contributed by atoms with E-state index in [0.29, 0.717) is 47.7 Å². The summed E-state index contributed by atoms with van der Waals surface area (Å²) in [6.45, 7) is 7.49. The van der Waals surface area contributed by atoms with Gasteiger partial charge in [0.1, 0.15) is 17.5 Å². The van der Waals surface area contributed by atoms with E-state index in [4.69, 9.17) is 37.4 Å². The molecule has 1 aliphatic heterocycles. The van der Waals surface area contributed by atoms with Crippen LogP contribution in [0.5, 0.6) is 11.5 Å². The van der Waals surface area contributed by atoms with Gasteiger partial charge in [0.05, 0.1) is 40.6 Å². The van der Waals surface area contributed by atoms with Crippen LogP contribution in [0.2, 0.25) is 10.0 Å². The van der Waals surface area contributed by atoms with Crippen molar-refractivity contribution in [3.8, 4) is 11.5 Å². The second-order valence-corrected chi connectivity index (χ2v) is 10.4. The largest absolute Gasteiger partial charge is 0.495 e. The fraction of sp³-hybridized carbons (Fsp3) is 0.296. The van der Waals surface area contributed by atoms with Crippen molar-refractivity contribution in [2.45, 2.75) is 39.8 Å². The second kappa shape index (κ2) is 11.1. The highest BCUT2D eigenvalue weighted by Gasteiger charge is 2.35. The highest BCUT2D eigenvalue weighted by molar-refractivity contribution is 7.07. The molecule has 10 heteroatoms. The lowest BCUT2D eigenvalue weighted by Gasteiger charge is -2.26. The summed E-state index contributed by atoms with van der Waals surface area (Å²) in [5, 5.41) is 0.731. The quantitative estimate of drug-likeness (QED) is 0.384. The average Bonchev–Trinajstić information content (AvgIpc) is 3.12. The number of halogens is 2. The number of benzene rings is 2. The Balaban J connectivity index is 2.01. The van der Waals surface area contributed by atoms with Gasteiger partial charge in [-0.15, -0.1) is 0 Å². The Hall–Kier alpha value is -3.07. The summed E-state index contributed by atoms with van der Waals surface area (Å²) >= 11 is 13.7. The predicted octanol–water partition coefficient (Wildman–Crippen LogP) is 4.90. The molecule has 0 unspecified atom stereocenters. The number of fused-ring (bicyclic) bond motifs is 1. The first kappa shape index (κ1) is 27.0. The molecule has 37 heavy (non-hydrogen) atoms. The Labute approximate surface area is 228 Å². The minimum Gasteiger partial charge on any atom is -0.495 e. The van der Waals surface area contributed by atoms with E-state index >= 15 is 0 Å². The van der Waals surface area contributed by atoms with Gasteiger partial charge >= 0.3 is 5.97 Å². The molecule has 0 N–H and O–H groups in total. The monoisotopic (exact) mass is 560 g/mol. The smallest absolute Gasteiger partial charge is 0.338 e. The first-order valence-electron chi connectivity index (χ1n) is 11.6. The van der Waals surface area contributed by atoms with Gasteiger partial charge in [-0.25, -0.2) is 9.79 Å². The molecule has 1 aromatic heterocycles. The van der Waals surface area contributed by atoms with Crippen molar-refractivity contribution in [3.63, 3.8) is 0 Å². The number of ether oxygens (including phenoxy) is 3. The van der Waals surface area contributed by atoms with E-state index in [9.17, 15) is 9.59 Å². The number of esters is 1. The zero-order valence-electron chi connectivity index (χ0n) is 21.0. The Morgan fingerprint density at radius 3 is 2.65 bits per heavy atom. The molecule has 0 amide bonds. The molecule has 7 nitrogen and oxygen atoms in total. The first-order valence-corrected chi connectivity index (χ1v) is 13.2. The van der Waals surface area contributed by atoms with E-state index in [-0.39, 0.29) is 23.8 Å². The Morgan fingerprint density at radius 1 is 1.24 bits per heavy atom. The highest BCUT2D eigenvalue weighted by Crippen LogP contribution is 2.36. The maximum absolute atomic E-state index is 13.9. The molecule has 0 bridgehead atoms. The van der Waals surface area contributed by atoms with Crippen LogP contribution in [-0.2, 0) is 9.53 Å². The molecule has 1 atom stereocenters. The van der Waals surface area contributed by atoms with Gasteiger partial charge < -0.3 is 14.2 Å². The maximum Gasteiger partial charge on any atom is 0.338 e. The van der Waals surface area contributed by atoms with E-state index in [1.54, 1.807) is 32.1 Å². The fourth-order valence-corrected chi connectivity index (χ4v) is 5.82. The number of carbonyl (C=O) groups excluding carboxylic acids is 1. The molecule has 2 aromatic carbocycles. The second-order valence-electron chi connectivity index (χ2n) is 8.52. The molecule has 0 saturated heterocycles. The molecule has 0 aliphatic carbocycles. The third kappa shape index (κ3) is 5.32. The molecule has 0 fully saturated rings. The Bertz CT molecular complexity index is 1570. The van der Waals surface area contributed by atoms with Crippen LogP contribution in [0.25, 0.3) is 6.08 Å². The van der Waals surface area contributed by atoms with Gasteiger partial charge in [-0.2, -0.15) is 0 Å². The molecule has 0 radical (unpaired) electrons. The number of carbonyl (C=O) groups is 1. The summed E-state index contributed by atoms with van der Waals surface area (Å²) in [5.74, 6) is 0.426. The van der Waals surface area contributed by atoms with Crippen LogP contribution in [0, 0.1) is 0 Å². The summed E-state index contributed by atoms with van der Waals surface area (Å²) in [7, 11) is 1.49.